The second-order valence-electron chi connectivity index (χ2n) is 6.21. The van der Waals surface area contributed by atoms with E-state index in [9.17, 15) is 4.79 Å². The number of hydrogen-bond donors (Lipinski definition) is 0. The molecular weight excluding hydrogens is 344 g/mol. The molecule has 1 aliphatic rings. The minimum atomic E-state index is 0.203. The Labute approximate surface area is 156 Å². The summed E-state index contributed by atoms with van der Waals surface area (Å²) in [7, 11) is 0. The third kappa shape index (κ3) is 3.73. The first kappa shape index (κ1) is 16.2. The lowest BCUT2D eigenvalue weighted by Crippen LogP contribution is -2.18. The molecule has 4 rings (SSSR count). The van der Waals surface area contributed by atoms with Crippen LogP contribution in [0.1, 0.15) is 34.1 Å². The van der Waals surface area contributed by atoms with Gasteiger partial charge in [0.05, 0.1) is 0 Å². The molecule has 1 aromatic carbocycles. The van der Waals surface area contributed by atoms with E-state index in [1.807, 2.05) is 18.2 Å². The predicted octanol–water partition coefficient (Wildman–Crippen LogP) is 6.42. The summed E-state index contributed by atoms with van der Waals surface area (Å²) in [5.41, 5.74) is 3.15. The Bertz CT molecular complexity index is 844. The molecule has 1 saturated carbocycles. The third-order valence-corrected chi connectivity index (χ3v) is 6.14. The van der Waals surface area contributed by atoms with E-state index in [0.29, 0.717) is 5.92 Å². The maximum absolute atomic E-state index is 13.0. The quantitative estimate of drug-likeness (QED) is 0.491. The smallest absolute Gasteiger partial charge is 0.185 e. The Morgan fingerprint density at radius 1 is 0.760 bits per heavy atom. The van der Waals surface area contributed by atoms with Gasteiger partial charge < -0.3 is 0 Å². The molecule has 0 radical (unpaired) electrons. The van der Waals surface area contributed by atoms with Gasteiger partial charge in [0.25, 0.3) is 0 Å². The molecule has 0 spiro atoms. The van der Waals surface area contributed by atoms with Crippen LogP contribution in [0.5, 0.6) is 0 Å². The molecule has 3 heteroatoms. The van der Waals surface area contributed by atoms with Crippen molar-refractivity contribution in [2.45, 2.75) is 18.8 Å². The van der Waals surface area contributed by atoms with E-state index in [0.717, 1.165) is 33.7 Å². The number of rotatable bonds is 3. The summed E-state index contributed by atoms with van der Waals surface area (Å²) < 4.78 is 0. The van der Waals surface area contributed by atoms with Crippen molar-refractivity contribution in [1.82, 2.24) is 0 Å². The van der Waals surface area contributed by atoms with Crippen LogP contribution in [-0.4, -0.2) is 5.78 Å². The molecule has 0 saturated heterocycles. The minimum Gasteiger partial charge on any atom is -0.289 e. The van der Waals surface area contributed by atoms with E-state index in [4.69, 9.17) is 0 Å². The van der Waals surface area contributed by atoms with Crippen LogP contribution in [-0.2, 0) is 4.79 Å². The van der Waals surface area contributed by atoms with Gasteiger partial charge in [0.1, 0.15) is 0 Å². The largest absolute Gasteiger partial charge is 0.289 e. The van der Waals surface area contributed by atoms with E-state index < -0.39 is 0 Å². The van der Waals surface area contributed by atoms with E-state index in [-0.39, 0.29) is 5.78 Å². The number of carbonyl (C=O) groups excluding carboxylic acids is 1. The number of benzene rings is 1. The van der Waals surface area contributed by atoms with E-state index in [2.05, 4.69) is 59.3 Å². The van der Waals surface area contributed by atoms with Crippen LogP contribution >= 0.6 is 22.7 Å². The number of carbonyl (C=O) groups is 1. The Morgan fingerprint density at radius 3 is 1.80 bits per heavy atom. The van der Waals surface area contributed by atoms with Crippen LogP contribution in [0, 0.1) is 0 Å². The van der Waals surface area contributed by atoms with Crippen molar-refractivity contribution in [2.24, 2.45) is 0 Å². The molecule has 25 heavy (non-hydrogen) atoms. The summed E-state index contributed by atoms with van der Waals surface area (Å²) in [6.45, 7) is 0. The molecule has 3 aromatic rings. The summed E-state index contributed by atoms with van der Waals surface area (Å²) in [6.07, 6.45) is 5.76. The van der Waals surface area contributed by atoms with Crippen molar-refractivity contribution >= 4 is 40.6 Å². The van der Waals surface area contributed by atoms with Crippen LogP contribution < -0.4 is 0 Å². The Balaban J connectivity index is 1.73. The number of allylic oxidation sites excluding steroid dienone is 2. The van der Waals surface area contributed by atoms with Crippen LogP contribution in [0.3, 0.4) is 0 Å². The van der Waals surface area contributed by atoms with Crippen molar-refractivity contribution in [3.05, 3.63) is 91.8 Å². The minimum absolute atomic E-state index is 0.203. The Kier molecular flexibility index (Phi) is 4.77. The van der Waals surface area contributed by atoms with E-state index in [1.54, 1.807) is 22.7 Å². The Morgan fingerprint density at radius 2 is 1.32 bits per heavy atom. The van der Waals surface area contributed by atoms with Crippen molar-refractivity contribution in [2.75, 3.05) is 0 Å². The molecule has 2 heterocycles. The summed E-state index contributed by atoms with van der Waals surface area (Å²) in [5, 5.41) is 4.10. The summed E-state index contributed by atoms with van der Waals surface area (Å²) in [4.78, 5) is 15.3. The van der Waals surface area contributed by atoms with Gasteiger partial charge in [0, 0.05) is 20.9 Å². The zero-order chi connectivity index (χ0) is 17.1. The highest BCUT2D eigenvalue weighted by atomic mass is 32.1. The summed E-state index contributed by atoms with van der Waals surface area (Å²) in [6, 6.07) is 18.7. The average Bonchev–Trinajstić information content (AvgIpc) is 3.33. The second-order valence-corrected chi connectivity index (χ2v) is 8.17. The zero-order valence-corrected chi connectivity index (χ0v) is 15.4. The van der Waals surface area contributed by atoms with Crippen LogP contribution in [0.4, 0.5) is 0 Å². The lowest BCUT2D eigenvalue weighted by atomic mass is 9.77. The highest BCUT2D eigenvalue weighted by Gasteiger charge is 2.28. The maximum Gasteiger partial charge on any atom is 0.185 e. The van der Waals surface area contributed by atoms with Crippen molar-refractivity contribution in [3.8, 4) is 0 Å². The Hall–Kier alpha value is -2.23. The van der Waals surface area contributed by atoms with Gasteiger partial charge >= 0.3 is 0 Å². The van der Waals surface area contributed by atoms with Gasteiger partial charge in [-0.1, -0.05) is 42.5 Å². The SMILES string of the molecule is O=C1/C(=C/c2cccs2)CC(c2ccccc2)C/C1=C\c1cccs1. The highest BCUT2D eigenvalue weighted by molar-refractivity contribution is 7.11. The van der Waals surface area contributed by atoms with Gasteiger partial charge in [-0.25, -0.2) is 0 Å². The molecule has 1 aliphatic carbocycles. The molecule has 0 unspecified atom stereocenters. The number of Topliss-reactive ketones (excluding diaryl/α,β-unsaturated/α-hetero) is 1. The first-order valence-corrected chi connectivity index (χ1v) is 10.1. The van der Waals surface area contributed by atoms with Crippen molar-refractivity contribution in [1.29, 1.82) is 0 Å². The van der Waals surface area contributed by atoms with Gasteiger partial charge in [-0.15, -0.1) is 22.7 Å². The fraction of sp³-hybridized carbons (Fsp3) is 0.136. The molecule has 1 nitrogen and oxygen atoms in total. The molecule has 124 valence electrons. The number of thiophene rings is 2. The fourth-order valence-electron chi connectivity index (χ4n) is 3.29. The fourth-order valence-corrected chi connectivity index (χ4v) is 4.66. The topological polar surface area (TPSA) is 17.1 Å². The lowest BCUT2D eigenvalue weighted by molar-refractivity contribution is -0.112. The molecule has 1 fully saturated rings. The second kappa shape index (κ2) is 7.34. The first-order chi connectivity index (χ1) is 12.3. The lowest BCUT2D eigenvalue weighted by Gasteiger charge is -2.26. The van der Waals surface area contributed by atoms with Crippen LogP contribution in [0.25, 0.3) is 12.2 Å². The number of hydrogen-bond acceptors (Lipinski definition) is 3. The highest BCUT2D eigenvalue weighted by Crippen LogP contribution is 2.39. The summed E-state index contributed by atoms with van der Waals surface area (Å²) in [5.74, 6) is 0.560. The van der Waals surface area contributed by atoms with Crippen molar-refractivity contribution < 1.29 is 4.79 Å². The molecule has 0 N–H and O–H groups in total. The molecule has 0 aliphatic heterocycles. The normalized spacial score (nSPS) is 21.1. The van der Waals surface area contributed by atoms with Gasteiger partial charge in [-0.3, -0.25) is 4.79 Å². The number of ketones is 1. The van der Waals surface area contributed by atoms with E-state index >= 15 is 0 Å². The molecule has 0 amide bonds. The van der Waals surface area contributed by atoms with Gasteiger partial charge in [-0.2, -0.15) is 0 Å². The van der Waals surface area contributed by atoms with Crippen molar-refractivity contribution in [3.63, 3.8) is 0 Å². The average molecular weight is 363 g/mol. The van der Waals surface area contributed by atoms with Gasteiger partial charge in [0.15, 0.2) is 5.78 Å². The van der Waals surface area contributed by atoms with Crippen LogP contribution in [0.15, 0.2) is 76.5 Å². The van der Waals surface area contributed by atoms with Gasteiger partial charge in [-0.05, 0) is 59.4 Å². The van der Waals surface area contributed by atoms with Crippen LogP contribution in [0.2, 0.25) is 0 Å². The predicted molar refractivity (Wildman–Crippen MR) is 108 cm³/mol. The summed E-state index contributed by atoms with van der Waals surface area (Å²) >= 11 is 3.35. The van der Waals surface area contributed by atoms with E-state index in [1.165, 1.54) is 5.56 Å². The molecule has 2 aromatic heterocycles. The zero-order valence-electron chi connectivity index (χ0n) is 13.7. The molecule has 0 atom stereocenters. The van der Waals surface area contributed by atoms with Gasteiger partial charge in [0.2, 0.25) is 0 Å². The monoisotopic (exact) mass is 362 g/mol. The third-order valence-electron chi connectivity index (χ3n) is 4.51. The first-order valence-electron chi connectivity index (χ1n) is 8.37. The maximum atomic E-state index is 13.0. The molecular formula is C22H18OS2. The molecule has 0 bridgehead atoms. The standard InChI is InChI=1S/C22H18OS2/c23-22-18(14-20-8-4-10-24-20)12-17(16-6-2-1-3-7-16)13-19(22)15-21-9-5-11-25-21/h1-11,14-15,17H,12-13H2/b18-14+,19-15+.